The van der Waals surface area contributed by atoms with E-state index < -0.39 is 21.3 Å². The van der Waals surface area contributed by atoms with Crippen molar-refractivity contribution in [3.63, 3.8) is 0 Å². The molecule has 1 atom stereocenters. The summed E-state index contributed by atoms with van der Waals surface area (Å²) in [4.78, 5) is 12.8. The second kappa shape index (κ2) is 7.91. The van der Waals surface area contributed by atoms with Crippen molar-refractivity contribution >= 4 is 21.6 Å². The summed E-state index contributed by atoms with van der Waals surface area (Å²) < 4.78 is 40.4. The van der Waals surface area contributed by atoms with Crippen molar-refractivity contribution in [2.75, 3.05) is 4.72 Å². The molecule has 1 saturated carbocycles. The van der Waals surface area contributed by atoms with E-state index in [0.29, 0.717) is 5.69 Å². The van der Waals surface area contributed by atoms with E-state index in [0.717, 1.165) is 43.4 Å². The highest BCUT2D eigenvalue weighted by Gasteiger charge is 2.45. The Morgan fingerprint density at radius 2 is 1.71 bits per heavy atom. The van der Waals surface area contributed by atoms with Crippen LogP contribution in [0.3, 0.4) is 0 Å². The van der Waals surface area contributed by atoms with E-state index in [1.54, 1.807) is 24.3 Å². The lowest BCUT2D eigenvalue weighted by molar-refractivity contribution is -0.130. The SMILES string of the molecule is CC[C@H](C)NC(=O)C1(c2ccc(NS(=O)(=O)c3ccc(F)cc3)cc2)CCC1. The summed E-state index contributed by atoms with van der Waals surface area (Å²) in [5, 5.41) is 3.07. The van der Waals surface area contributed by atoms with E-state index >= 15 is 0 Å². The van der Waals surface area contributed by atoms with Crippen molar-refractivity contribution < 1.29 is 17.6 Å². The largest absolute Gasteiger partial charge is 0.353 e. The molecule has 0 aromatic heterocycles. The van der Waals surface area contributed by atoms with Crippen molar-refractivity contribution in [3.05, 3.63) is 59.9 Å². The highest BCUT2D eigenvalue weighted by molar-refractivity contribution is 7.92. The Bertz CT molecular complexity index is 937. The summed E-state index contributed by atoms with van der Waals surface area (Å²) in [5.41, 5.74) is 0.756. The topological polar surface area (TPSA) is 75.3 Å². The molecule has 1 aliphatic carbocycles. The Kier molecular flexibility index (Phi) is 5.74. The van der Waals surface area contributed by atoms with Crippen LogP contribution in [0.15, 0.2) is 53.4 Å². The van der Waals surface area contributed by atoms with Gasteiger partial charge in [-0.25, -0.2) is 12.8 Å². The Balaban J connectivity index is 1.77. The second-order valence-electron chi connectivity index (χ2n) is 7.36. The maximum atomic E-state index is 13.0. The lowest BCUT2D eigenvalue weighted by Crippen LogP contribution is -2.51. The zero-order valence-corrected chi connectivity index (χ0v) is 16.9. The van der Waals surface area contributed by atoms with Crippen LogP contribution < -0.4 is 10.0 Å². The van der Waals surface area contributed by atoms with Gasteiger partial charge in [0.05, 0.1) is 10.3 Å². The van der Waals surface area contributed by atoms with Gasteiger partial charge in [0.2, 0.25) is 5.91 Å². The maximum Gasteiger partial charge on any atom is 0.261 e. The van der Waals surface area contributed by atoms with Crippen molar-refractivity contribution in [1.29, 1.82) is 0 Å². The number of hydrogen-bond donors (Lipinski definition) is 2. The quantitative estimate of drug-likeness (QED) is 0.733. The molecule has 2 aromatic carbocycles. The van der Waals surface area contributed by atoms with Crippen molar-refractivity contribution in [2.24, 2.45) is 0 Å². The zero-order valence-electron chi connectivity index (χ0n) is 16.0. The lowest BCUT2D eigenvalue weighted by Gasteiger charge is -2.41. The summed E-state index contributed by atoms with van der Waals surface area (Å²) in [7, 11) is -3.80. The molecule has 1 aliphatic rings. The molecular formula is C21H25FN2O3S. The van der Waals surface area contributed by atoms with Crippen LogP contribution >= 0.6 is 0 Å². The first-order valence-electron chi connectivity index (χ1n) is 9.47. The van der Waals surface area contributed by atoms with E-state index in [-0.39, 0.29) is 16.8 Å². The van der Waals surface area contributed by atoms with E-state index in [1.165, 1.54) is 12.1 Å². The smallest absolute Gasteiger partial charge is 0.261 e. The third-order valence-corrected chi connectivity index (χ3v) is 6.84. The molecule has 150 valence electrons. The van der Waals surface area contributed by atoms with E-state index in [1.807, 2.05) is 13.8 Å². The van der Waals surface area contributed by atoms with Gasteiger partial charge < -0.3 is 5.32 Å². The van der Waals surface area contributed by atoms with Gasteiger partial charge in [0.25, 0.3) is 10.0 Å². The fraction of sp³-hybridized carbons (Fsp3) is 0.381. The molecule has 1 amide bonds. The van der Waals surface area contributed by atoms with Crippen LogP contribution in [0.25, 0.3) is 0 Å². The van der Waals surface area contributed by atoms with Gasteiger partial charge in [-0.15, -0.1) is 0 Å². The zero-order chi connectivity index (χ0) is 20.4. The van der Waals surface area contributed by atoms with Crippen molar-refractivity contribution in [1.82, 2.24) is 5.32 Å². The molecule has 0 saturated heterocycles. The molecule has 0 aliphatic heterocycles. The molecule has 2 aromatic rings. The average molecular weight is 405 g/mol. The highest BCUT2D eigenvalue weighted by atomic mass is 32.2. The predicted octanol–water partition coefficient (Wildman–Crippen LogP) is 3.96. The fourth-order valence-corrected chi connectivity index (χ4v) is 4.38. The third kappa shape index (κ3) is 4.04. The fourth-order valence-electron chi connectivity index (χ4n) is 3.33. The van der Waals surface area contributed by atoms with Gasteiger partial charge in [0, 0.05) is 11.7 Å². The third-order valence-electron chi connectivity index (χ3n) is 5.45. The number of rotatable bonds is 7. The van der Waals surface area contributed by atoms with Crippen LogP contribution in [0.1, 0.15) is 45.1 Å². The molecular weight excluding hydrogens is 379 g/mol. The Morgan fingerprint density at radius 3 is 2.21 bits per heavy atom. The number of amides is 1. The Labute approximate surface area is 165 Å². The monoisotopic (exact) mass is 404 g/mol. The van der Waals surface area contributed by atoms with Crippen LogP contribution in [-0.4, -0.2) is 20.4 Å². The van der Waals surface area contributed by atoms with Gasteiger partial charge in [-0.05, 0) is 68.1 Å². The summed E-state index contributed by atoms with van der Waals surface area (Å²) in [5.74, 6) is -0.461. The second-order valence-corrected chi connectivity index (χ2v) is 9.04. The van der Waals surface area contributed by atoms with Gasteiger partial charge >= 0.3 is 0 Å². The van der Waals surface area contributed by atoms with Crippen LogP contribution in [0, 0.1) is 5.82 Å². The average Bonchev–Trinajstić information content (AvgIpc) is 2.62. The van der Waals surface area contributed by atoms with Gasteiger partial charge in [0.1, 0.15) is 5.82 Å². The predicted molar refractivity (Wildman–Crippen MR) is 107 cm³/mol. The minimum atomic E-state index is -3.80. The number of carbonyl (C=O) groups is 1. The van der Waals surface area contributed by atoms with Crippen molar-refractivity contribution in [3.8, 4) is 0 Å². The van der Waals surface area contributed by atoms with Crippen LogP contribution in [0.4, 0.5) is 10.1 Å². The minimum absolute atomic E-state index is 0.0126. The van der Waals surface area contributed by atoms with Crippen LogP contribution in [-0.2, 0) is 20.2 Å². The number of carbonyl (C=O) groups excluding carboxylic acids is 1. The maximum absolute atomic E-state index is 13.0. The molecule has 28 heavy (non-hydrogen) atoms. The molecule has 5 nitrogen and oxygen atoms in total. The van der Waals surface area contributed by atoms with Gasteiger partial charge in [-0.2, -0.15) is 0 Å². The molecule has 0 bridgehead atoms. The number of benzene rings is 2. The minimum Gasteiger partial charge on any atom is -0.353 e. The van der Waals surface area contributed by atoms with E-state index in [2.05, 4.69) is 10.0 Å². The summed E-state index contributed by atoms with van der Waals surface area (Å²) in [6.07, 6.45) is 3.44. The number of sulfonamides is 1. The van der Waals surface area contributed by atoms with Gasteiger partial charge in [-0.1, -0.05) is 25.5 Å². The molecule has 7 heteroatoms. The lowest BCUT2D eigenvalue weighted by atomic mass is 9.63. The number of hydrogen-bond acceptors (Lipinski definition) is 3. The highest BCUT2D eigenvalue weighted by Crippen LogP contribution is 2.44. The molecule has 0 radical (unpaired) electrons. The molecule has 1 fully saturated rings. The number of halogens is 1. The van der Waals surface area contributed by atoms with E-state index in [4.69, 9.17) is 0 Å². The first kappa shape index (κ1) is 20.3. The molecule has 2 N–H and O–H groups in total. The first-order chi connectivity index (χ1) is 13.3. The van der Waals surface area contributed by atoms with Gasteiger partial charge in [0.15, 0.2) is 0 Å². The molecule has 3 rings (SSSR count). The Hall–Kier alpha value is -2.41. The molecule has 0 spiro atoms. The van der Waals surface area contributed by atoms with E-state index in [9.17, 15) is 17.6 Å². The number of anilines is 1. The number of nitrogens with one attached hydrogen (secondary N) is 2. The van der Waals surface area contributed by atoms with Crippen molar-refractivity contribution in [2.45, 2.75) is 55.9 Å². The molecule has 0 unspecified atom stereocenters. The summed E-state index contributed by atoms with van der Waals surface area (Å²) in [6.45, 7) is 4.01. The summed E-state index contributed by atoms with van der Waals surface area (Å²) >= 11 is 0. The van der Waals surface area contributed by atoms with Crippen LogP contribution in [0.2, 0.25) is 0 Å². The van der Waals surface area contributed by atoms with Gasteiger partial charge in [-0.3, -0.25) is 9.52 Å². The first-order valence-corrected chi connectivity index (χ1v) is 10.9. The summed E-state index contributed by atoms with van der Waals surface area (Å²) in [6, 6.07) is 11.7. The Morgan fingerprint density at radius 1 is 1.11 bits per heavy atom. The normalized spacial score (nSPS) is 16.7. The standard InChI is InChI=1S/C21H25FN2O3S/c1-3-15(2)23-20(25)21(13-4-14-21)16-5-9-18(10-6-16)24-28(26,27)19-11-7-17(22)8-12-19/h5-12,15,24H,3-4,13-14H2,1-2H3,(H,23,25)/t15-/m0/s1. The molecule has 0 heterocycles. The van der Waals surface area contributed by atoms with Crippen LogP contribution in [0.5, 0.6) is 0 Å².